The lowest BCUT2D eigenvalue weighted by Crippen LogP contribution is -2.18. The summed E-state index contributed by atoms with van der Waals surface area (Å²) in [5.41, 5.74) is 1.48. The SMILES string of the molecule is CSCCn1c(=NC(=O)c2cccc(SC(C)C)c2)sc2cc(F)ccc21. The number of thiazole rings is 1. The maximum Gasteiger partial charge on any atom is 0.279 e. The number of benzene rings is 2. The summed E-state index contributed by atoms with van der Waals surface area (Å²) < 4.78 is 16.4. The van der Waals surface area contributed by atoms with Crippen LogP contribution in [-0.4, -0.2) is 27.7 Å². The second-order valence-electron chi connectivity index (χ2n) is 6.25. The van der Waals surface area contributed by atoms with E-state index in [2.05, 4.69) is 18.8 Å². The Morgan fingerprint density at radius 2 is 2.07 bits per heavy atom. The summed E-state index contributed by atoms with van der Waals surface area (Å²) in [6.07, 6.45) is 2.04. The molecule has 0 spiro atoms. The van der Waals surface area contributed by atoms with E-state index in [1.54, 1.807) is 35.7 Å². The van der Waals surface area contributed by atoms with Gasteiger partial charge in [0.2, 0.25) is 0 Å². The number of nitrogens with zero attached hydrogens (tertiary/aromatic N) is 2. The maximum absolute atomic E-state index is 13.6. The van der Waals surface area contributed by atoms with Crippen molar-refractivity contribution in [1.82, 2.24) is 4.57 Å². The average molecular weight is 421 g/mol. The van der Waals surface area contributed by atoms with E-state index in [1.165, 1.54) is 23.5 Å². The Balaban J connectivity index is 2.02. The normalized spacial score (nSPS) is 12.3. The highest BCUT2D eigenvalue weighted by molar-refractivity contribution is 7.99. The number of carbonyl (C=O) groups excluding carboxylic acids is 1. The summed E-state index contributed by atoms with van der Waals surface area (Å²) in [5.74, 6) is 0.341. The van der Waals surface area contributed by atoms with Crippen molar-refractivity contribution in [3.8, 4) is 0 Å². The lowest BCUT2D eigenvalue weighted by atomic mass is 10.2. The summed E-state index contributed by atoms with van der Waals surface area (Å²) in [7, 11) is 0. The Labute approximate surface area is 170 Å². The Kier molecular flexibility index (Phi) is 6.78. The Bertz CT molecular complexity index is 1020. The monoisotopic (exact) mass is 420 g/mol. The van der Waals surface area contributed by atoms with Gasteiger partial charge in [0.1, 0.15) is 5.82 Å². The molecule has 2 aromatic carbocycles. The number of rotatable bonds is 6. The molecule has 3 aromatic rings. The van der Waals surface area contributed by atoms with E-state index in [0.717, 1.165) is 27.4 Å². The van der Waals surface area contributed by atoms with Crippen LogP contribution >= 0.6 is 34.9 Å². The molecule has 0 aliphatic heterocycles. The Morgan fingerprint density at radius 1 is 1.26 bits per heavy atom. The first kappa shape index (κ1) is 20.2. The summed E-state index contributed by atoms with van der Waals surface area (Å²) in [5, 5.41) is 0.443. The van der Waals surface area contributed by atoms with Crippen molar-refractivity contribution in [3.63, 3.8) is 0 Å². The lowest BCUT2D eigenvalue weighted by Gasteiger charge is -2.06. The maximum atomic E-state index is 13.6. The van der Waals surface area contributed by atoms with Crippen LogP contribution < -0.4 is 4.80 Å². The molecule has 0 aliphatic carbocycles. The fourth-order valence-electron chi connectivity index (χ4n) is 2.66. The Morgan fingerprint density at radius 3 is 2.81 bits per heavy atom. The number of aromatic nitrogens is 1. The van der Waals surface area contributed by atoms with Crippen molar-refractivity contribution < 1.29 is 9.18 Å². The van der Waals surface area contributed by atoms with Crippen molar-refractivity contribution in [2.75, 3.05) is 12.0 Å². The first-order chi connectivity index (χ1) is 13.0. The number of amides is 1. The molecule has 1 heterocycles. The van der Waals surface area contributed by atoms with E-state index in [4.69, 9.17) is 0 Å². The molecule has 0 saturated heterocycles. The summed E-state index contributed by atoms with van der Waals surface area (Å²) in [4.78, 5) is 18.8. The van der Waals surface area contributed by atoms with Gasteiger partial charge in [0.25, 0.3) is 5.91 Å². The zero-order valence-corrected chi connectivity index (χ0v) is 17.9. The molecule has 0 aliphatic rings. The van der Waals surface area contributed by atoms with Gasteiger partial charge in [0.05, 0.1) is 10.2 Å². The number of aryl methyl sites for hydroxylation is 1. The van der Waals surface area contributed by atoms with Gasteiger partial charge in [-0.1, -0.05) is 31.3 Å². The van der Waals surface area contributed by atoms with Gasteiger partial charge in [0.15, 0.2) is 4.80 Å². The molecule has 0 N–H and O–H groups in total. The summed E-state index contributed by atoms with van der Waals surface area (Å²) in [6, 6.07) is 12.3. The molecule has 3 nitrogen and oxygen atoms in total. The van der Waals surface area contributed by atoms with Gasteiger partial charge in [0, 0.05) is 28.0 Å². The van der Waals surface area contributed by atoms with Gasteiger partial charge in [-0.05, 0) is 42.7 Å². The zero-order chi connectivity index (χ0) is 19.4. The van der Waals surface area contributed by atoms with Crippen LogP contribution in [0.25, 0.3) is 10.2 Å². The van der Waals surface area contributed by atoms with Gasteiger partial charge in [-0.15, -0.1) is 11.8 Å². The fraction of sp³-hybridized carbons (Fsp3) is 0.300. The molecule has 142 valence electrons. The molecule has 7 heteroatoms. The average Bonchev–Trinajstić information content (AvgIpc) is 2.95. The quantitative estimate of drug-likeness (QED) is 0.498. The molecule has 0 saturated carbocycles. The minimum absolute atomic E-state index is 0.272. The molecule has 27 heavy (non-hydrogen) atoms. The van der Waals surface area contributed by atoms with Crippen LogP contribution in [0.3, 0.4) is 0 Å². The van der Waals surface area contributed by atoms with Crippen molar-refractivity contribution in [1.29, 1.82) is 0 Å². The van der Waals surface area contributed by atoms with Gasteiger partial charge in [-0.2, -0.15) is 16.8 Å². The van der Waals surface area contributed by atoms with Crippen molar-refractivity contribution in [2.24, 2.45) is 4.99 Å². The Hall–Kier alpha value is -1.57. The molecular weight excluding hydrogens is 399 g/mol. The molecule has 0 fully saturated rings. The van der Waals surface area contributed by atoms with E-state index in [-0.39, 0.29) is 11.7 Å². The number of hydrogen-bond donors (Lipinski definition) is 0. The van der Waals surface area contributed by atoms with Gasteiger partial charge in [-0.3, -0.25) is 4.79 Å². The molecule has 0 radical (unpaired) electrons. The zero-order valence-electron chi connectivity index (χ0n) is 15.4. The number of carbonyl (C=O) groups is 1. The number of fused-ring (bicyclic) bond motifs is 1. The van der Waals surface area contributed by atoms with Crippen molar-refractivity contribution >= 4 is 51.0 Å². The van der Waals surface area contributed by atoms with E-state index in [0.29, 0.717) is 15.6 Å². The summed E-state index contributed by atoms with van der Waals surface area (Å²) >= 11 is 4.79. The number of hydrogen-bond acceptors (Lipinski definition) is 4. The minimum atomic E-state index is -0.281. The van der Waals surface area contributed by atoms with Crippen LogP contribution in [0.15, 0.2) is 52.4 Å². The third-order valence-corrected chi connectivity index (χ3v) is 6.44. The topological polar surface area (TPSA) is 34.4 Å². The second kappa shape index (κ2) is 9.08. The predicted octanol–water partition coefficient (Wildman–Crippen LogP) is 5.45. The van der Waals surface area contributed by atoms with Crippen molar-refractivity contribution in [2.45, 2.75) is 30.5 Å². The van der Waals surface area contributed by atoms with Crippen LogP contribution in [0.2, 0.25) is 0 Å². The number of halogens is 1. The van der Waals surface area contributed by atoms with Crippen LogP contribution in [0.4, 0.5) is 4.39 Å². The lowest BCUT2D eigenvalue weighted by molar-refractivity contribution is 0.0997. The van der Waals surface area contributed by atoms with E-state index in [1.807, 2.05) is 29.0 Å². The van der Waals surface area contributed by atoms with Crippen LogP contribution in [0, 0.1) is 5.82 Å². The molecule has 0 bridgehead atoms. The van der Waals surface area contributed by atoms with E-state index in [9.17, 15) is 9.18 Å². The fourth-order valence-corrected chi connectivity index (χ4v) is 5.00. The van der Waals surface area contributed by atoms with Crippen molar-refractivity contribution in [3.05, 3.63) is 58.6 Å². The molecule has 1 aromatic heterocycles. The van der Waals surface area contributed by atoms with Crippen LogP contribution in [0.1, 0.15) is 24.2 Å². The standard InChI is InChI=1S/C20H21FN2OS3/c1-13(2)26-16-6-4-5-14(11-16)19(24)22-20-23(9-10-25-3)17-8-7-15(21)12-18(17)27-20/h4-8,11-13H,9-10H2,1-3H3. The van der Waals surface area contributed by atoms with Crippen LogP contribution in [0.5, 0.6) is 0 Å². The minimum Gasteiger partial charge on any atom is -0.316 e. The smallest absolute Gasteiger partial charge is 0.279 e. The molecular formula is C20H21FN2OS3. The third kappa shape index (κ3) is 5.03. The highest BCUT2D eigenvalue weighted by Crippen LogP contribution is 2.24. The third-order valence-electron chi connectivity index (χ3n) is 3.81. The molecule has 1 amide bonds. The second-order valence-corrected chi connectivity index (χ2v) is 9.90. The summed E-state index contributed by atoms with van der Waals surface area (Å²) in [6.45, 7) is 4.96. The predicted molar refractivity (Wildman–Crippen MR) is 115 cm³/mol. The molecule has 0 unspecified atom stereocenters. The number of thioether (sulfide) groups is 2. The largest absolute Gasteiger partial charge is 0.316 e. The van der Waals surface area contributed by atoms with E-state index < -0.39 is 0 Å². The van der Waals surface area contributed by atoms with E-state index >= 15 is 0 Å². The van der Waals surface area contributed by atoms with Gasteiger partial charge >= 0.3 is 0 Å². The molecule has 0 atom stereocenters. The highest BCUT2D eigenvalue weighted by atomic mass is 32.2. The molecule has 3 rings (SSSR count). The van der Waals surface area contributed by atoms with Crippen LogP contribution in [-0.2, 0) is 6.54 Å². The van der Waals surface area contributed by atoms with Gasteiger partial charge < -0.3 is 4.57 Å². The highest BCUT2D eigenvalue weighted by Gasteiger charge is 2.11. The first-order valence-corrected chi connectivity index (χ1v) is 11.7. The first-order valence-electron chi connectivity index (χ1n) is 8.61. The van der Waals surface area contributed by atoms with Gasteiger partial charge in [-0.25, -0.2) is 4.39 Å².